The monoisotopic (exact) mass is 233 g/mol. The SMILES string of the molecule is CC(=O)N1CCO[C@@H](C(F)(F)F)C1.Cl. The zero-order valence-electron chi connectivity index (χ0n) is 7.50. The van der Waals surface area contributed by atoms with Crippen LogP contribution in [0.4, 0.5) is 13.2 Å². The summed E-state index contributed by atoms with van der Waals surface area (Å²) in [6.07, 6.45) is -6.21. The molecule has 0 aliphatic carbocycles. The zero-order chi connectivity index (χ0) is 10.1. The first-order valence-corrected chi connectivity index (χ1v) is 3.85. The van der Waals surface area contributed by atoms with Gasteiger partial charge in [0.05, 0.1) is 13.2 Å². The second-order valence-corrected chi connectivity index (χ2v) is 2.87. The van der Waals surface area contributed by atoms with E-state index in [0.717, 1.165) is 4.90 Å². The average molecular weight is 234 g/mol. The van der Waals surface area contributed by atoms with Crippen LogP contribution in [0.15, 0.2) is 0 Å². The van der Waals surface area contributed by atoms with Gasteiger partial charge < -0.3 is 9.64 Å². The molecule has 1 heterocycles. The molecule has 0 saturated carbocycles. The van der Waals surface area contributed by atoms with Gasteiger partial charge in [0.15, 0.2) is 6.10 Å². The van der Waals surface area contributed by atoms with Crippen LogP contribution in [0.25, 0.3) is 0 Å². The molecule has 0 unspecified atom stereocenters. The van der Waals surface area contributed by atoms with E-state index in [4.69, 9.17) is 0 Å². The Hall–Kier alpha value is -0.490. The second kappa shape index (κ2) is 4.84. The summed E-state index contributed by atoms with van der Waals surface area (Å²) < 4.78 is 40.8. The second-order valence-electron chi connectivity index (χ2n) is 2.87. The molecule has 0 radical (unpaired) electrons. The minimum atomic E-state index is -4.38. The summed E-state index contributed by atoms with van der Waals surface area (Å²) in [4.78, 5) is 11.9. The van der Waals surface area contributed by atoms with E-state index in [0.29, 0.717) is 0 Å². The largest absolute Gasteiger partial charge is 0.416 e. The molecular weight excluding hydrogens is 223 g/mol. The summed E-state index contributed by atoms with van der Waals surface area (Å²) in [6.45, 7) is 1.04. The van der Waals surface area contributed by atoms with Gasteiger partial charge in [-0.15, -0.1) is 12.4 Å². The lowest BCUT2D eigenvalue weighted by atomic mass is 10.2. The summed E-state index contributed by atoms with van der Waals surface area (Å²) in [5, 5.41) is 0. The molecule has 1 amide bonds. The molecule has 0 aromatic heterocycles. The van der Waals surface area contributed by atoms with Crippen molar-refractivity contribution in [1.29, 1.82) is 0 Å². The Morgan fingerprint density at radius 1 is 1.50 bits per heavy atom. The molecule has 0 aromatic carbocycles. The number of ether oxygens (including phenoxy) is 1. The summed E-state index contributed by atoms with van der Waals surface area (Å²) >= 11 is 0. The Morgan fingerprint density at radius 2 is 2.07 bits per heavy atom. The number of alkyl halides is 3. The minimum absolute atomic E-state index is 0. The van der Waals surface area contributed by atoms with Crippen LogP contribution in [0, 0.1) is 0 Å². The number of hydrogen-bond acceptors (Lipinski definition) is 2. The molecule has 0 N–H and O–H groups in total. The molecular formula is C7H11ClF3NO2. The van der Waals surface area contributed by atoms with Crippen molar-refractivity contribution in [3.05, 3.63) is 0 Å². The van der Waals surface area contributed by atoms with Gasteiger partial charge in [-0.2, -0.15) is 13.2 Å². The fourth-order valence-electron chi connectivity index (χ4n) is 1.13. The maximum absolute atomic E-state index is 12.1. The molecule has 0 aromatic rings. The lowest BCUT2D eigenvalue weighted by molar-refractivity contribution is -0.236. The lowest BCUT2D eigenvalue weighted by Crippen LogP contribution is -2.50. The van der Waals surface area contributed by atoms with Gasteiger partial charge in [-0.25, -0.2) is 0 Å². The number of hydrogen-bond donors (Lipinski definition) is 0. The van der Waals surface area contributed by atoms with Crippen LogP contribution in [-0.4, -0.2) is 42.8 Å². The van der Waals surface area contributed by atoms with Gasteiger partial charge in [0.2, 0.25) is 5.91 Å². The fourth-order valence-corrected chi connectivity index (χ4v) is 1.13. The van der Waals surface area contributed by atoms with E-state index in [1.165, 1.54) is 6.92 Å². The Labute approximate surface area is 85.6 Å². The highest BCUT2D eigenvalue weighted by atomic mass is 35.5. The topological polar surface area (TPSA) is 29.5 Å². The normalized spacial score (nSPS) is 22.9. The Balaban J connectivity index is 0.00000169. The van der Waals surface area contributed by atoms with E-state index in [1.54, 1.807) is 0 Å². The first-order valence-electron chi connectivity index (χ1n) is 3.85. The third-order valence-electron chi connectivity index (χ3n) is 1.88. The molecule has 1 atom stereocenters. The van der Waals surface area contributed by atoms with Crippen molar-refractivity contribution in [1.82, 2.24) is 4.90 Å². The highest BCUT2D eigenvalue weighted by Crippen LogP contribution is 2.25. The summed E-state index contributed by atoms with van der Waals surface area (Å²) in [6, 6.07) is 0. The van der Waals surface area contributed by atoms with E-state index >= 15 is 0 Å². The van der Waals surface area contributed by atoms with Crippen LogP contribution in [0.2, 0.25) is 0 Å². The highest BCUT2D eigenvalue weighted by Gasteiger charge is 2.43. The van der Waals surface area contributed by atoms with E-state index in [1.807, 2.05) is 0 Å². The van der Waals surface area contributed by atoms with Crippen molar-refractivity contribution >= 4 is 18.3 Å². The zero-order valence-corrected chi connectivity index (χ0v) is 8.32. The summed E-state index contributed by atoms with van der Waals surface area (Å²) in [5.41, 5.74) is 0. The van der Waals surface area contributed by atoms with Gasteiger partial charge in [0.25, 0.3) is 0 Å². The molecule has 1 rings (SSSR count). The number of carbonyl (C=O) groups is 1. The van der Waals surface area contributed by atoms with Gasteiger partial charge in [-0.1, -0.05) is 0 Å². The van der Waals surface area contributed by atoms with Crippen LogP contribution in [-0.2, 0) is 9.53 Å². The van der Waals surface area contributed by atoms with Crippen molar-refractivity contribution in [2.75, 3.05) is 19.7 Å². The van der Waals surface area contributed by atoms with Gasteiger partial charge in [-0.3, -0.25) is 4.79 Å². The van der Waals surface area contributed by atoms with Crippen LogP contribution in [0.3, 0.4) is 0 Å². The van der Waals surface area contributed by atoms with Crippen LogP contribution < -0.4 is 0 Å². The van der Waals surface area contributed by atoms with Gasteiger partial charge in [-0.05, 0) is 0 Å². The minimum Gasteiger partial charge on any atom is -0.365 e. The van der Waals surface area contributed by atoms with Crippen LogP contribution >= 0.6 is 12.4 Å². The molecule has 14 heavy (non-hydrogen) atoms. The molecule has 1 saturated heterocycles. The average Bonchev–Trinajstić information content (AvgIpc) is 2.03. The molecule has 0 bridgehead atoms. The molecule has 1 aliphatic rings. The standard InChI is InChI=1S/C7H10F3NO2.ClH/c1-5(12)11-2-3-13-6(4-11)7(8,9)10;/h6H,2-4H2,1H3;1H/t6-;/m1./s1. The maximum Gasteiger partial charge on any atom is 0.416 e. The molecule has 3 nitrogen and oxygen atoms in total. The molecule has 1 fully saturated rings. The summed E-state index contributed by atoms with van der Waals surface area (Å²) in [7, 11) is 0. The number of halogens is 4. The predicted molar refractivity (Wildman–Crippen MR) is 45.3 cm³/mol. The van der Waals surface area contributed by atoms with Crippen LogP contribution in [0.1, 0.15) is 6.92 Å². The number of nitrogens with zero attached hydrogens (tertiary/aromatic N) is 1. The molecule has 84 valence electrons. The smallest absolute Gasteiger partial charge is 0.365 e. The van der Waals surface area contributed by atoms with Crippen molar-refractivity contribution in [3.63, 3.8) is 0 Å². The fraction of sp³-hybridized carbons (Fsp3) is 0.857. The first-order chi connectivity index (χ1) is 5.91. The third-order valence-corrected chi connectivity index (χ3v) is 1.88. The predicted octanol–water partition coefficient (Wildman–Crippen LogP) is 1.22. The lowest BCUT2D eigenvalue weighted by Gasteiger charge is -2.33. The van der Waals surface area contributed by atoms with Crippen LogP contribution in [0.5, 0.6) is 0 Å². The maximum atomic E-state index is 12.1. The number of morpholine rings is 1. The van der Waals surface area contributed by atoms with Crippen molar-refractivity contribution in [3.8, 4) is 0 Å². The third kappa shape index (κ3) is 3.34. The molecule has 7 heteroatoms. The quantitative estimate of drug-likeness (QED) is 0.630. The Kier molecular flexibility index (Phi) is 4.67. The van der Waals surface area contributed by atoms with Gasteiger partial charge in [0, 0.05) is 13.5 Å². The number of carbonyl (C=O) groups excluding carboxylic acids is 1. The van der Waals surface area contributed by atoms with E-state index in [9.17, 15) is 18.0 Å². The molecule has 0 spiro atoms. The summed E-state index contributed by atoms with van der Waals surface area (Å²) in [5.74, 6) is -0.349. The van der Waals surface area contributed by atoms with Gasteiger partial charge >= 0.3 is 6.18 Å². The van der Waals surface area contributed by atoms with Gasteiger partial charge in [0.1, 0.15) is 0 Å². The van der Waals surface area contributed by atoms with Crippen molar-refractivity contribution in [2.24, 2.45) is 0 Å². The number of amides is 1. The van der Waals surface area contributed by atoms with E-state index in [-0.39, 0.29) is 31.5 Å². The van der Waals surface area contributed by atoms with Crippen molar-refractivity contribution < 1.29 is 22.7 Å². The first kappa shape index (κ1) is 13.5. The molecule has 1 aliphatic heterocycles. The Bertz CT molecular complexity index is 210. The Morgan fingerprint density at radius 3 is 2.50 bits per heavy atom. The van der Waals surface area contributed by atoms with E-state index < -0.39 is 18.8 Å². The van der Waals surface area contributed by atoms with Crippen molar-refractivity contribution in [2.45, 2.75) is 19.2 Å². The number of rotatable bonds is 0. The van der Waals surface area contributed by atoms with E-state index in [2.05, 4.69) is 4.74 Å². The highest BCUT2D eigenvalue weighted by molar-refractivity contribution is 5.85.